The number of hydrogen-bond donors (Lipinski definition) is 0. The molecular weight excluding hydrogens is 352 g/mol. The van der Waals surface area contributed by atoms with Crippen LogP contribution < -0.4 is 9.47 Å². The molecule has 2 atom stereocenters. The summed E-state index contributed by atoms with van der Waals surface area (Å²) in [6, 6.07) is 16.6. The summed E-state index contributed by atoms with van der Waals surface area (Å²) in [7, 11) is 0. The van der Waals surface area contributed by atoms with Gasteiger partial charge in [0.25, 0.3) is 0 Å². The molecule has 0 aliphatic carbocycles. The largest absolute Gasteiger partial charge is 0.493 e. The molecule has 0 amide bonds. The molecule has 0 spiro atoms. The molecule has 2 unspecified atom stereocenters. The number of benzene rings is 2. The van der Waals surface area contributed by atoms with Crippen LogP contribution in [0.2, 0.25) is 0 Å². The number of ether oxygens (including phenoxy) is 4. The third-order valence-electron chi connectivity index (χ3n) is 5.20. The van der Waals surface area contributed by atoms with Gasteiger partial charge in [-0.05, 0) is 48.9 Å². The van der Waals surface area contributed by atoms with Crippen molar-refractivity contribution < 1.29 is 18.9 Å². The lowest BCUT2D eigenvalue weighted by Gasteiger charge is -2.12. The van der Waals surface area contributed by atoms with E-state index in [1.165, 1.54) is 11.1 Å². The molecule has 2 aromatic carbocycles. The van der Waals surface area contributed by atoms with E-state index in [4.69, 9.17) is 18.9 Å². The summed E-state index contributed by atoms with van der Waals surface area (Å²) < 4.78 is 22.7. The first-order valence-electron chi connectivity index (χ1n) is 10.5. The van der Waals surface area contributed by atoms with Crippen molar-refractivity contribution in [3.63, 3.8) is 0 Å². The van der Waals surface area contributed by atoms with Gasteiger partial charge in [0.05, 0.1) is 38.6 Å². The Balaban J connectivity index is 1.08. The third-order valence-corrected chi connectivity index (χ3v) is 5.20. The predicted molar refractivity (Wildman–Crippen MR) is 109 cm³/mol. The van der Waals surface area contributed by atoms with Gasteiger partial charge >= 0.3 is 0 Å². The highest BCUT2D eigenvalue weighted by atomic mass is 16.6. The zero-order valence-electron chi connectivity index (χ0n) is 16.5. The number of rotatable bonds is 13. The molecule has 28 heavy (non-hydrogen) atoms. The third kappa shape index (κ3) is 6.25. The summed E-state index contributed by atoms with van der Waals surface area (Å²) >= 11 is 0. The van der Waals surface area contributed by atoms with Crippen LogP contribution in [0.5, 0.6) is 11.5 Å². The van der Waals surface area contributed by atoms with Gasteiger partial charge in [-0.15, -0.1) is 0 Å². The minimum Gasteiger partial charge on any atom is -0.493 e. The van der Waals surface area contributed by atoms with Crippen molar-refractivity contribution in [2.75, 3.05) is 26.4 Å². The summed E-state index contributed by atoms with van der Waals surface area (Å²) in [5, 5.41) is 0. The molecule has 0 radical (unpaired) electrons. The maximum atomic E-state index is 6.00. The van der Waals surface area contributed by atoms with Crippen LogP contribution in [0, 0.1) is 0 Å². The van der Waals surface area contributed by atoms with E-state index < -0.39 is 0 Å². The molecule has 2 aliphatic heterocycles. The van der Waals surface area contributed by atoms with E-state index in [0.29, 0.717) is 12.2 Å². The fraction of sp³-hybridized carbons (Fsp3) is 0.500. The number of unbranched alkanes of at least 4 members (excludes halogenated alkanes) is 3. The Morgan fingerprint density at radius 1 is 0.643 bits per heavy atom. The van der Waals surface area contributed by atoms with Crippen molar-refractivity contribution in [1.82, 2.24) is 0 Å². The van der Waals surface area contributed by atoms with E-state index >= 15 is 0 Å². The van der Waals surface area contributed by atoms with Crippen LogP contribution in [0.3, 0.4) is 0 Å². The van der Waals surface area contributed by atoms with E-state index in [0.717, 1.165) is 76.5 Å². The zero-order chi connectivity index (χ0) is 19.0. The maximum Gasteiger partial charge on any atom is 0.122 e. The molecule has 2 saturated heterocycles. The molecular formula is C24H30O4. The SMILES string of the molecule is c1ccc(OCCCCCCOc2ccccc2CC2CO2)c(CC2CO2)c1. The lowest BCUT2D eigenvalue weighted by molar-refractivity contribution is 0.284. The highest BCUT2D eigenvalue weighted by Gasteiger charge is 2.24. The van der Waals surface area contributed by atoms with E-state index in [9.17, 15) is 0 Å². The van der Waals surface area contributed by atoms with Crippen LogP contribution >= 0.6 is 0 Å². The number of epoxide rings is 2. The molecule has 0 aromatic heterocycles. The number of para-hydroxylation sites is 2. The average Bonchev–Trinajstić information content (AvgIpc) is 3.63. The van der Waals surface area contributed by atoms with Crippen molar-refractivity contribution in [2.45, 2.75) is 50.7 Å². The van der Waals surface area contributed by atoms with Gasteiger partial charge in [-0.2, -0.15) is 0 Å². The molecule has 0 saturated carbocycles. The summed E-state index contributed by atoms with van der Waals surface area (Å²) in [4.78, 5) is 0. The minimum atomic E-state index is 0.395. The van der Waals surface area contributed by atoms with Crippen molar-refractivity contribution in [3.05, 3.63) is 59.7 Å². The van der Waals surface area contributed by atoms with Gasteiger partial charge in [-0.25, -0.2) is 0 Å². The van der Waals surface area contributed by atoms with E-state index in [2.05, 4.69) is 36.4 Å². The monoisotopic (exact) mass is 382 g/mol. The Bertz CT molecular complexity index is 673. The quantitative estimate of drug-likeness (QED) is 0.375. The lowest BCUT2D eigenvalue weighted by Crippen LogP contribution is -2.04. The van der Waals surface area contributed by atoms with Crippen molar-refractivity contribution in [1.29, 1.82) is 0 Å². The molecule has 2 fully saturated rings. The maximum absolute atomic E-state index is 6.00. The van der Waals surface area contributed by atoms with Gasteiger partial charge in [0.2, 0.25) is 0 Å². The Hall–Kier alpha value is -2.04. The average molecular weight is 383 g/mol. The van der Waals surface area contributed by atoms with Crippen LogP contribution in [0.4, 0.5) is 0 Å². The van der Waals surface area contributed by atoms with Gasteiger partial charge < -0.3 is 18.9 Å². The van der Waals surface area contributed by atoms with Crippen LogP contribution in [0.25, 0.3) is 0 Å². The molecule has 2 aliphatic rings. The standard InChI is InChI=1S/C24H30O4/c1(7-13-25-23-11-5-3-9-19(23)15-21-17-27-21)2-8-14-26-24-12-6-4-10-20(24)16-22-18-28-22/h3-6,9-12,21-22H,1-2,7-8,13-18H2. The Morgan fingerprint density at radius 3 is 1.50 bits per heavy atom. The zero-order valence-corrected chi connectivity index (χ0v) is 16.5. The van der Waals surface area contributed by atoms with Crippen LogP contribution in [-0.4, -0.2) is 38.6 Å². The van der Waals surface area contributed by atoms with Gasteiger partial charge in [0, 0.05) is 12.8 Å². The normalized spacial score (nSPS) is 20.0. The van der Waals surface area contributed by atoms with Gasteiger partial charge in [0.15, 0.2) is 0 Å². The van der Waals surface area contributed by atoms with Crippen molar-refractivity contribution in [2.24, 2.45) is 0 Å². The fourth-order valence-corrected chi connectivity index (χ4v) is 3.41. The van der Waals surface area contributed by atoms with Gasteiger partial charge in [0.1, 0.15) is 11.5 Å². The van der Waals surface area contributed by atoms with E-state index in [1.807, 2.05) is 12.1 Å². The van der Waals surface area contributed by atoms with Gasteiger partial charge in [-0.1, -0.05) is 36.4 Å². The second-order valence-corrected chi connectivity index (χ2v) is 7.65. The molecule has 2 heterocycles. The van der Waals surface area contributed by atoms with Gasteiger partial charge in [-0.3, -0.25) is 0 Å². The Morgan fingerprint density at radius 2 is 1.07 bits per heavy atom. The van der Waals surface area contributed by atoms with E-state index in [-0.39, 0.29) is 0 Å². The topological polar surface area (TPSA) is 43.5 Å². The first-order chi connectivity index (χ1) is 13.9. The Kier molecular flexibility index (Phi) is 6.85. The highest BCUT2D eigenvalue weighted by Crippen LogP contribution is 2.25. The minimum absolute atomic E-state index is 0.395. The van der Waals surface area contributed by atoms with Crippen molar-refractivity contribution in [3.8, 4) is 11.5 Å². The number of hydrogen-bond acceptors (Lipinski definition) is 4. The lowest BCUT2D eigenvalue weighted by atomic mass is 10.1. The van der Waals surface area contributed by atoms with Crippen LogP contribution in [0.15, 0.2) is 48.5 Å². The molecule has 0 N–H and O–H groups in total. The van der Waals surface area contributed by atoms with Crippen LogP contribution in [0.1, 0.15) is 36.8 Å². The van der Waals surface area contributed by atoms with E-state index in [1.54, 1.807) is 0 Å². The summed E-state index contributed by atoms with van der Waals surface area (Å²) in [6.45, 7) is 3.31. The first kappa shape index (κ1) is 19.3. The van der Waals surface area contributed by atoms with Crippen LogP contribution in [-0.2, 0) is 22.3 Å². The molecule has 4 heteroatoms. The fourth-order valence-electron chi connectivity index (χ4n) is 3.41. The summed E-state index contributed by atoms with van der Waals surface area (Å²) in [5.41, 5.74) is 2.52. The Labute approximate surface area is 167 Å². The second kappa shape index (κ2) is 9.94. The summed E-state index contributed by atoms with van der Waals surface area (Å²) in [5.74, 6) is 2.02. The highest BCUT2D eigenvalue weighted by molar-refractivity contribution is 5.35. The van der Waals surface area contributed by atoms with Crippen molar-refractivity contribution >= 4 is 0 Å². The molecule has 4 nitrogen and oxygen atoms in total. The summed E-state index contributed by atoms with van der Waals surface area (Å²) in [6.07, 6.45) is 7.18. The smallest absolute Gasteiger partial charge is 0.122 e. The second-order valence-electron chi connectivity index (χ2n) is 7.65. The molecule has 4 rings (SSSR count). The first-order valence-corrected chi connectivity index (χ1v) is 10.5. The molecule has 0 bridgehead atoms. The molecule has 2 aromatic rings. The predicted octanol–water partition coefficient (Wildman–Crippen LogP) is 4.59. The molecule has 150 valence electrons.